The van der Waals surface area contributed by atoms with Crippen LogP contribution in [0.1, 0.15) is 6.92 Å². The average Bonchev–Trinajstić information content (AvgIpc) is 2.02. The molecule has 0 unspecified atom stereocenters. The molecule has 2 saturated heterocycles. The molecular weight excluding hydrogens is 164 g/mol. The predicted octanol–water partition coefficient (Wildman–Crippen LogP) is 0.238. The molecule has 0 aromatic rings. The van der Waals surface area contributed by atoms with Crippen molar-refractivity contribution >= 4 is 0 Å². The molecule has 0 saturated carbocycles. The average molecular weight is 182 g/mol. The van der Waals surface area contributed by atoms with Gasteiger partial charge in [-0.15, -0.1) is 0 Å². The molecule has 2 rings (SSSR count). The summed E-state index contributed by atoms with van der Waals surface area (Å²) in [5.74, 6) is 0. The van der Waals surface area contributed by atoms with Gasteiger partial charge < -0.3 is 10.1 Å². The number of morpholine rings is 1. The molecule has 0 bridgehead atoms. The van der Waals surface area contributed by atoms with Crippen molar-refractivity contribution in [3.63, 3.8) is 0 Å². The van der Waals surface area contributed by atoms with Crippen molar-refractivity contribution in [2.75, 3.05) is 45.9 Å². The van der Waals surface area contributed by atoms with Gasteiger partial charge in [0.1, 0.15) is 0 Å². The Morgan fingerprint density at radius 1 is 1.38 bits per heavy atom. The maximum atomic E-state index is 5.31. The second-order valence-corrected chi connectivity index (χ2v) is 3.88. The standard InChI is InChI=1S/C10H18N2O/c1-9(10-6-11-7-10)8-12-2-4-13-5-3-12/h11H,2-8H2,1H3. The van der Waals surface area contributed by atoms with E-state index in [4.69, 9.17) is 4.74 Å². The Morgan fingerprint density at radius 2 is 2.08 bits per heavy atom. The molecular formula is C10H18N2O. The van der Waals surface area contributed by atoms with Crippen LogP contribution in [-0.2, 0) is 4.74 Å². The van der Waals surface area contributed by atoms with Crippen LogP contribution < -0.4 is 5.32 Å². The molecule has 2 aliphatic rings. The summed E-state index contributed by atoms with van der Waals surface area (Å²) in [7, 11) is 0. The van der Waals surface area contributed by atoms with Crippen LogP contribution in [0.3, 0.4) is 0 Å². The van der Waals surface area contributed by atoms with Crippen molar-refractivity contribution < 1.29 is 4.74 Å². The van der Waals surface area contributed by atoms with E-state index in [2.05, 4.69) is 17.1 Å². The molecule has 2 fully saturated rings. The molecule has 0 aromatic heterocycles. The fourth-order valence-electron chi connectivity index (χ4n) is 1.76. The first kappa shape index (κ1) is 9.19. The normalized spacial score (nSPS) is 24.2. The van der Waals surface area contributed by atoms with Gasteiger partial charge in [-0.25, -0.2) is 0 Å². The largest absolute Gasteiger partial charge is 0.379 e. The van der Waals surface area contributed by atoms with Crippen LogP contribution in [-0.4, -0.2) is 50.8 Å². The molecule has 0 radical (unpaired) electrons. The van der Waals surface area contributed by atoms with Crippen LogP contribution in [0.4, 0.5) is 0 Å². The Labute approximate surface area is 79.7 Å². The van der Waals surface area contributed by atoms with E-state index >= 15 is 0 Å². The van der Waals surface area contributed by atoms with Crippen molar-refractivity contribution in [2.24, 2.45) is 0 Å². The zero-order valence-electron chi connectivity index (χ0n) is 8.31. The van der Waals surface area contributed by atoms with E-state index in [0.29, 0.717) is 0 Å². The van der Waals surface area contributed by atoms with Crippen LogP contribution in [0.5, 0.6) is 0 Å². The zero-order valence-corrected chi connectivity index (χ0v) is 8.31. The number of nitrogens with one attached hydrogen (secondary N) is 1. The highest BCUT2D eigenvalue weighted by atomic mass is 16.5. The van der Waals surface area contributed by atoms with Crippen LogP contribution in [0, 0.1) is 0 Å². The number of hydrogen-bond donors (Lipinski definition) is 1. The van der Waals surface area contributed by atoms with Gasteiger partial charge in [-0.05, 0) is 12.5 Å². The van der Waals surface area contributed by atoms with E-state index in [-0.39, 0.29) is 0 Å². The Hall–Kier alpha value is -0.380. The Balaban J connectivity index is 1.82. The second kappa shape index (κ2) is 4.22. The highest BCUT2D eigenvalue weighted by molar-refractivity contribution is 5.22. The molecule has 3 nitrogen and oxygen atoms in total. The molecule has 74 valence electrons. The van der Waals surface area contributed by atoms with E-state index in [9.17, 15) is 0 Å². The minimum absolute atomic E-state index is 0.904. The fourth-order valence-corrected chi connectivity index (χ4v) is 1.76. The molecule has 0 atom stereocenters. The van der Waals surface area contributed by atoms with Crippen molar-refractivity contribution in [3.05, 3.63) is 11.1 Å². The molecule has 0 aliphatic carbocycles. The molecule has 0 spiro atoms. The number of hydrogen-bond acceptors (Lipinski definition) is 3. The smallest absolute Gasteiger partial charge is 0.0594 e. The summed E-state index contributed by atoms with van der Waals surface area (Å²) in [6.07, 6.45) is 0. The molecule has 2 heterocycles. The lowest BCUT2D eigenvalue weighted by atomic mass is 10.0. The van der Waals surface area contributed by atoms with E-state index < -0.39 is 0 Å². The number of rotatable bonds is 2. The van der Waals surface area contributed by atoms with Crippen molar-refractivity contribution in [1.82, 2.24) is 10.2 Å². The minimum atomic E-state index is 0.904. The van der Waals surface area contributed by atoms with Crippen LogP contribution in [0.2, 0.25) is 0 Å². The third-order valence-corrected chi connectivity index (χ3v) is 2.84. The van der Waals surface area contributed by atoms with Gasteiger partial charge in [-0.2, -0.15) is 0 Å². The molecule has 0 amide bonds. The van der Waals surface area contributed by atoms with E-state index in [1.807, 2.05) is 0 Å². The van der Waals surface area contributed by atoms with Crippen LogP contribution in [0.25, 0.3) is 0 Å². The van der Waals surface area contributed by atoms with Crippen molar-refractivity contribution in [1.29, 1.82) is 0 Å². The van der Waals surface area contributed by atoms with Gasteiger partial charge >= 0.3 is 0 Å². The Kier molecular flexibility index (Phi) is 2.98. The summed E-state index contributed by atoms with van der Waals surface area (Å²) < 4.78 is 5.31. The first-order valence-electron chi connectivity index (χ1n) is 5.04. The first-order valence-corrected chi connectivity index (χ1v) is 5.04. The van der Waals surface area contributed by atoms with Gasteiger partial charge in [0.25, 0.3) is 0 Å². The van der Waals surface area contributed by atoms with Gasteiger partial charge in [0.15, 0.2) is 0 Å². The maximum Gasteiger partial charge on any atom is 0.0594 e. The van der Waals surface area contributed by atoms with Gasteiger partial charge in [0.05, 0.1) is 13.2 Å². The van der Waals surface area contributed by atoms with E-state index in [1.54, 1.807) is 11.1 Å². The van der Waals surface area contributed by atoms with Gasteiger partial charge in [-0.1, -0.05) is 5.57 Å². The highest BCUT2D eigenvalue weighted by Gasteiger charge is 2.15. The fraction of sp³-hybridized carbons (Fsp3) is 0.800. The Bertz CT molecular complexity index is 201. The van der Waals surface area contributed by atoms with Crippen molar-refractivity contribution in [3.8, 4) is 0 Å². The maximum absolute atomic E-state index is 5.31. The molecule has 13 heavy (non-hydrogen) atoms. The summed E-state index contributed by atoms with van der Waals surface area (Å²) in [5, 5.41) is 3.28. The zero-order chi connectivity index (χ0) is 9.10. The summed E-state index contributed by atoms with van der Waals surface area (Å²) in [6.45, 7) is 9.61. The lowest BCUT2D eigenvalue weighted by molar-refractivity contribution is 0.0421. The summed E-state index contributed by atoms with van der Waals surface area (Å²) >= 11 is 0. The monoisotopic (exact) mass is 182 g/mol. The first-order chi connectivity index (χ1) is 6.36. The SMILES string of the molecule is CC(CN1CCOCC1)=C1CNC1. The molecule has 0 aromatic carbocycles. The number of nitrogens with zero attached hydrogens (tertiary/aromatic N) is 1. The summed E-state index contributed by atoms with van der Waals surface area (Å²) in [4.78, 5) is 2.48. The summed E-state index contributed by atoms with van der Waals surface area (Å²) in [6, 6.07) is 0. The summed E-state index contributed by atoms with van der Waals surface area (Å²) in [5.41, 5.74) is 3.16. The minimum Gasteiger partial charge on any atom is -0.379 e. The lowest BCUT2D eigenvalue weighted by Crippen LogP contribution is -2.40. The third kappa shape index (κ3) is 2.30. The van der Waals surface area contributed by atoms with Gasteiger partial charge in [0, 0.05) is 32.7 Å². The quantitative estimate of drug-likeness (QED) is 0.619. The third-order valence-electron chi connectivity index (χ3n) is 2.84. The molecule has 3 heteroatoms. The highest BCUT2D eigenvalue weighted by Crippen LogP contribution is 2.11. The van der Waals surface area contributed by atoms with Gasteiger partial charge in [-0.3, -0.25) is 4.90 Å². The molecule has 2 aliphatic heterocycles. The number of ether oxygens (including phenoxy) is 1. The van der Waals surface area contributed by atoms with E-state index in [0.717, 1.165) is 45.9 Å². The van der Waals surface area contributed by atoms with E-state index in [1.165, 1.54) is 0 Å². The lowest BCUT2D eigenvalue weighted by Gasteiger charge is -2.29. The van der Waals surface area contributed by atoms with Crippen LogP contribution >= 0.6 is 0 Å². The van der Waals surface area contributed by atoms with Crippen molar-refractivity contribution in [2.45, 2.75) is 6.92 Å². The predicted molar refractivity (Wildman–Crippen MR) is 52.8 cm³/mol. The second-order valence-electron chi connectivity index (χ2n) is 3.88. The topological polar surface area (TPSA) is 24.5 Å². The van der Waals surface area contributed by atoms with Gasteiger partial charge in [0.2, 0.25) is 0 Å². The van der Waals surface area contributed by atoms with Crippen LogP contribution in [0.15, 0.2) is 11.1 Å². The molecule has 1 N–H and O–H groups in total. The Morgan fingerprint density at radius 3 is 2.62 bits per heavy atom.